The van der Waals surface area contributed by atoms with Crippen LogP contribution in [0.4, 0.5) is 10.1 Å². The Morgan fingerprint density at radius 1 is 1.03 bits per heavy atom. The van der Waals surface area contributed by atoms with E-state index in [-0.39, 0.29) is 27.7 Å². The zero-order valence-corrected chi connectivity index (χ0v) is 20.0. The number of amides is 3. The number of rotatable bonds is 6. The smallest absolute Gasteiger partial charge is 0.286 e. The van der Waals surface area contributed by atoms with E-state index in [9.17, 15) is 18.8 Å². The lowest BCUT2D eigenvalue weighted by molar-refractivity contribution is -0.138. The molecule has 3 heterocycles. The monoisotopic (exact) mass is 488 g/mol. The van der Waals surface area contributed by atoms with Gasteiger partial charge in [0.2, 0.25) is 15.9 Å². The summed E-state index contributed by atoms with van der Waals surface area (Å²) in [5.41, 5.74) is 0.419. The third-order valence-electron chi connectivity index (χ3n) is 6.19. The Hall–Kier alpha value is -2.92. The summed E-state index contributed by atoms with van der Waals surface area (Å²) in [6.45, 7) is 7.35. The van der Waals surface area contributed by atoms with Gasteiger partial charge in [-0.15, -0.1) is 10.2 Å². The molecule has 11 heteroatoms. The molecule has 4 rings (SSSR count). The summed E-state index contributed by atoms with van der Waals surface area (Å²) in [4.78, 5) is 44.5. The van der Waals surface area contributed by atoms with Gasteiger partial charge < -0.3 is 15.1 Å². The van der Waals surface area contributed by atoms with Crippen LogP contribution in [0, 0.1) is 11.7 Å². The first kappa shape index (κ1) is 24.2. The van der Waals surface area contributed by atoms with Crippen molar-refractivity contribution in [1.29, 1.82) is 0 Å². The van der Waals surface area contributed by atoms with Crippen molar-refractivity contribution in [2.24, 2.45) is 5.92 Å². The maximum atomic E-state index is 13.1. The van der Waals surface area contributed by atoms with Crippen LogP contribution in [0.1, 0.15) is 45.8 Å². The van der Waals surface area contributed by atoms with Crippen LogP contribution >= 0.6 is 11.3 Å². The van der Waals surface area contributed by atoms with E-state index >= 15 is 0 Å². The van der Waals surface area contributed by atoms with Gasteiger partial charge in [0.15, 0.2) is 0 Å². The number of anilines is 1. The molecule has 0 spiro atoms. The minimum atomic E-state index is -0.517. The van der Waals surface area contributed by atoms with Crippen LogP contribution in [-0.4, -0.2) is 88.4 Å². The van der Waals surface area contributed by atoms with E-state index in [1.165, 1.54) is 24.3 Å². The molecule has 2 aliphatic heterocycles. The molecule has 1 aromatic carbocycles. The molecule has 1 aromatic heterocycles. The highest BCUT2D eigenvalue weighted by molar-refractivity contribution is 7.15. The average Bonchev–Trinajstić information content (AvgIpc) is 3.36. The molecule has 2 saturated heterocycles. The number of hydrogen-bond donors (Lipinski definition) is 1. The quantitative estimate of drug-likeness (QED) is 0.670. The Bertz CT molecular complexity index is 1020. The van der Waals surface area contributed by atoms with Crippen LogP contribution in [0.25, 0.3) is 0 Å². The lowest BCUT2D eigenvalue weighted by Gasteiger charge is -2.38. The molecule has 34 heavy (non-hydrogen) atoms. The van der Waals surface area contributed by atoms with Crippen molar-refractivity contribution in [1.82, 2.24) is 24.9 Å². The lowest BCUT2D eigenvalue weighted by Crippen LogP contribution is -2.53. The second-order valence-electron chi connectivity index (χ2n) is 8.63. The van der Waals surface area contributed by atoms with E-state index in [1.54, 1.807) is 4.90 Å². The standard InChI is InChI=1S/C23H29FN6O3S/c1-2-9-28-11-13-29(14-12-28)22(32)16-4-3-10-30(15-16)23(33)21-27-26-20(34-21)19(31)25-18-7-5-17(24)6-8-18/h5-8,16H,2-4,9-15H2,1H3,(H,25,31)/t16-/m1/s1. The number of aromatic nitrogens is 2. The normalized spacial score (nSPS) is 19.2. The van der Waals surface area contributed by atoms with Gasteiger partial charge in [0, 0.05) is 45.0 Å². The van der Waals surface area contributed by atoms with E-state index in [0.717, 1.165) is 63.3 Å². The Kier molecular flexibility index (Phi) is 7.84. The summed E-state index contributed by atoms with van der Waals surface area (Å²) in [6.07, 6.45) is 2.61. The molecule has 0 saturated carbocycles. The summed E-state index contributed by atoms with van der Waals surface area (Å²) < 4.78 is 13.0. The summed E-state index contributed by atoms with van der Waals surface area (Å²) in [6, 6.07) is 5.36. The number of hydrogen-bond acceptors (Lipinski definition) is 7. The van der Waals surface area contributed by atoms with Gasteiger partial charge in [-0.05, 0) is 50.1 Å². The molecule has 0 radical (unpaired) electrons. The Morgan fingerprint density at radius 2 is 1.74 bits per heavy atom. The maximum Gasteiger partial charge on any atom is 0.286 e. The predicted molar refractivity (Wildman–Crippen MR) is 126 cm³/mol. The predicted octanol–water partition coefficient (Wildman–Crippen LogP) is 2.34. The average molecular weight is 489 g/mol. The highest BCUT2D eigenvalue weighted by Gasteiger charge is 2.34. The van der Waals surface area contributed by atoms with Crippen LogP contribution in [0.15, 0.2) is 24.3 Å². The first-order valence-corrected chi connectivity index (χ1v) is 12.5. The highest BCUT2D eigenvalue weighted by Crippen LogP contribution is 2.23. The molecule has 2 aromatic rings. The van der Waals surface area contributed by atoms with Crippen LogP contribution in [0.2, 0.25) is 0 Å². The van der Waals surface area contributed by atoms with Gasteiger partial charge in [-0.1, -0.05) is 18.3 Å². The molecule has 0 unspecified atom stereocenters. The number of piperazine rings is 1. The van der Waals surface area contributed by atoms with Gasteiger partial charge in [0.05, 0.1) is 5.92 Å². The van der Waals surface area contributed by atoms with Crippen LogP contribution in [0.3, 0.4) is 0 Å². The van der Waals surface area contributed by atoms with Crippen molar-refractivity contribution in [2.45, 2.75) is 26.2 Å². The third kappa shape index (κ3) is 5.76. The zero-order chi connectivity index (χ0) is 24.1. The van der Waals surface area contributed by atoms with E-state index in [2.05, 4.69) is 27.3 Å². The number of piperidine rings is 1. The fraction of sp³-hybridized carbons (Fsp3) is 0.522. The molecule has 9 nitrogen and oxygen atoms in total. The highest BCUT2D eigenvalue weighted by atomic mass is 32.1. The van der Waals surface area contributed by atoms with Gasteiger partial charge in [0.25, 0.3) is 11.8 Å². The van der Waals surface area contributed by atoms with Gasteiger partial charge in [-0.2, -0.15) is 0 Å². The van der Waals surface area contributed by atoms with E-state index in [1.807, 2.05) is 4.90 Å². The SMILES string of the molecule is CCCN1CCN(C(=O)[C@@H]2CCCN(C(=O)c3nnc(C(=O)Nc4ccc(F)cc4)s3)C2)CC1. The van der Waals surface area contributed by atoms with E-state index in [4.69, 9.17) is 0 Å². The molecule has 0 bridgehead atoms. The van der Waals surface area contributed by atoms with Crippen molar-refractivity contribution in [2.75, 3.05) is 51.1 Å². The van der Waals surface area contributed by atoms with Crippen molar-refractivity contribution < 1.29 is 18.8 Å². The Balaban J connectivity index is 1.33. The van der Waals surface area contributed by atoms with E-state index in [0.29, 0.717) is 18.8 Å². The van der Waals surface area contributed by atoms with Gasteiger partial charge in [-0.25, -0.2) is 4.39 Å². The molecule has 0 aliphatic carbocycles. The van der Waals surface area contributed by atoms with Crippen molar-refractivity contribution in [3.8, 4) is 0 Å². The first-order chi connectivity index (χ1) is 16.4. The van der Waals surface area contributed by atoms with Crippen molar-refractivity contribution in [3.63, 3.8) is 0 Å². The number of nitrogens with one attached hydrogen (secondary N) is 1. The molecule has 2 fully saturated rings. The molecular weight excluding hydrogens is 459 g/mol. The molecule has 1 atom stereocenters. The molecule has 3 amide bonds. The fourth-order valence-corrected chi connectivity index (χ4v) is 5.09. The van der Waals surface area contributed by atoms with E-state index < -0.39 is 11.7 Å². The summed E-state index contributed by atoms with van der Waals surface area (Å²) in [5, 5.41) is 10.5. The number of carbonyl (C=O) groups is 3. The zero-order valence-electron chi connectivity index (χ0n) is 19.2. The number of carbonyl (C=O) groups excluding carboxylic acids is 3. The summed E-state index contributed by atoms with van der Waals surface area (Å²) in [5.74, 6) is -1.34. The number of likely N-dealkylation sites (tertiary alicyclic amines) is 1. The lowest BCUT2D eigenvalue weighted by atomic mass is 9.96. The Labute approximate surface area is 201 Å². The Morgan fingerprint density at radius 3 is 2.44 bits per heavy atom. The number of benzene rings is 1. The second kappa shape index (κ2) is 11.0. The molecule has 2 aliphatic rings. The second-order valence-corrected chi connectivity index (χ2v) is 9.61. The van der Waals surface area contributed by atoms with Crippen LogP contribution < -0.4 is 5.32 Å². The van der Waals surface area contributed by atoms with Crippen LogP contribution in [0.5, 0.6) is 0 Å². The van der Waals surface area contributed by atoms with Gasteiger partial charge in [0.1, 0.15) is 5.82 Å². The minimum Gasteiger partial charge on any atom is -0.340 e. The largest absolute Gasteiger partial charge is 0.340 e. The third-order valence-corrected chi connectivity index (χ3v) is 7.10. The number of halogens is 1. The first-order valence-electron chi connectivity index (χ1n) is 11.7. The summed E-state index contributed by atoms with van der Waals surface area (Å²) >= 11 is 0.907. The van der Waals surface area contributed by atoms with Gasteiger partial charge in [-0.3, -0.25) is 19.3 Å². The number of nitrogens with zero attached hydrogens (tertiary/aromatic N) is 5. The van der Waals surface area contributed by atoms with Gasteiger partial charge >= 0.3 is 0 Å². The van der Waals surface area contributed by atoms with Crippen molar-refractivity contribution >= 4 is 34.7 Å². The molecule has 1 N–H and O–H groups in total. The summed E-state index contributed by atoms with van der Waals surface area (Å²) in [7, 11) is 0. The van der Waals surface area contributed by atoms with Crippen molar-refractivity contribution in [3.05, 3.63) is 40.1 Å². The topological polar surface area (TPSA) is 98.7 Å². The molecular formula is C23H29FN6O3S. The maximum absolute atomic E-state index is 13.1. The minimum absolute atomic E-state index is 0.0438. The molecule has 182 valence electrons. The fourth-order valence-electron chi connectivity index (χ4n) is 4.38. The van der Waals surface area contributed by atoms with Crippen LogP contribution in [-0.2, 0) is 4.79 Å².